The molecule has 1 N–H and O–H groups in total. The van der Waals surface area contributed by atoms with E-state index >= 15 is 0 Å². The highest BCUT2D eigenvalue weighted by Crippen LogP contribution is 2.28. The normalized spacial score (nSPS) is 12.2. The van der Waals surface area contributed by atoms with Crippen molar-refractivity contribution in [3.8, 4) is 11.5 Å². The Hall–Kier alpha value is -2.01. The molecular weight excluding hydrogens is 256 g/mol. The standard InChI is InChI=1S/C15H20N2O3/c1-4-17-15(14(20-3)10-16-17)13(18)9-11-6-5-7-12(8-11)19-2/h5-8,10,13,18H,4,9H2,1-3H3. The van der Waals surface area contributed by atoms with Gasteiger partial charge < -0.3 is 14.6 Å². The Morgan fingerprint density at radius 3 is 2.75 bits per heavy atom. The number of aromatic nitrogens is 2. The van der Waals surface area contributed by atoms with Crippen LogP contribution in [0.1, 0.15) is 24.3 Å². The lowest BCUT2D eigenvalue weighted by Gasteiger charge is -2.14. The number of ether oxygens (including phenoxy) is 2. The molecule has 0 aliphatic carbocycles. The maximum atomic E-state index is 10.5. The average Bonchev–Trinajstić information content (AvgIpc) is 2.90. The van der Waals surface area contributed by atoms with Gasteiger partial charge in [-0.15, -0.1) is 0 Å². The van der Waals surface area contributed by atoms with Gasteiger partial charge in [-0.3, -0.25) is 4.68 Å². The summed E-state index contributed by atoms with van der Waals surface area (Å²) in [7, 11) is 3.21. The number of rotatable bonds is 6. The van der Waals surface area contributed by atoms with Gasteiger partial charge in [-0.2, -0.15) is 5.10 Å². The van der Waals surface area contributed by atoms with Crippen molar-refractivity contribution in [1.29, 1.82) is 0 Å². The molecule has 0 saturated heterocycles. The topological polar surface area (TPSA) is 56.5 Å². The Kier molecular flexibility index (Phi) is 4.63. The molecular formula is C15H20N2O3. The van der Waals surface area contributed by atoms with Crippen LogP contribution < -0.4 is 9.47 Å². The minimum absolute atomic E-state index is 0.485. The van der Waals surface area contributed by atoms with Crippen molar-refractivity contribution < 1.29 is 14.6 Å². The van der Waals surface area contributed by atoms with Crippen LogP contribution in [-0.2, 0) is 13.0 Å². The second kappa shape index (κ2) is 6.43. The first kappa shape index (κ1) is 14.4. The van der Waals surface area contributed by atoms with Crippen LogP contribution in [0.4, 0.5) is 0 Å². The zero-order valence-electron chi connectivity index (χ0n) is 12.0. The minimum Gasteiger partial charge on any atom is -0.497 e. The van der Waals surface area contributed by atoms with E-state index in [2.05, 4.69) is 5.10 Å². The van der Waals surface area contributed by atoms with Gasteiger partial charge in [0.2, 0.25) is 0 Å². The maximum absolute atomic E-state index is 10.5. The van der Waals surface area contributed by atoms with Crippen molar-refractivity contribution in [3.05, 3.63) is 41.7 Å². The predicted molar refractivity (Wildman–Crippen MR) is 76.1 cm³/mol. The van der Waals surface area contributed by atoms with Crippen LogP contribution in [0.5, 0.6) is 11.5 Å². The smallest absolute Gasteiger partial charge is 0.162 e. The molecule has 1 unspecified atom stereocenters. The molecule has 1 heterocycles. The van der Waals surface area contributed by atoms with E-state index < -0.39 is 6.10 Å². The van der Waals surface area contributed by atoms with E-state index in [1.54, 1.807) is 25.1 Å². The molecule has 5 heteroatoms. The Labute approximate surface area is 118 Å². The Morgan fingerprint density at radius 2 is 2.10 bits per heavy atom. The fourth-order valence-electron chi connectivity index (χ4n) is 2.24. The van der Waals surface area contributed by atoms with Crippen molar-refractivity contribution in [3.63, 3.8) is 0 Å². The third-order valence-corrected chi connectivity index (χ3v) is 3.24. The summed E-state index contributed by atoms with van der Waals surface area (Å²) in [5.74, 6) is 1.40. The van der Waals surface area contributed by atoms with Gasteiger partial charge in [0.25, 0.3) is 0 Å². The van der Waals surface area contributed by atoms with Crippen LogP contribution >= 0.6 is 0 Å². The molecule has 20 heavy (non-hydrogen) atoms. The lowest BCUT2D eigenvalue weighted by Crippen LogP contribution is -2.11. The van der Waals surface area contributed by atoms with Crippen molar-refractivity contribution in [2.24, 2.45) is 0 Å². The Bertz CT molecular complexity index is 544. The zero-order valence-corrected chi connectivity index (χ0v) is 12.0. The van der Waals surface area contributed by atoms with E-state index in [1.165, 1.54) is 0 Å². The summed E-state index contributed by atoms with van der Waals surface area (Å²) in [5, 5.41) is 14.7. The fraction of sp³-hybridized carbons (Fsp3) is 0.400. The van der Waals surface area contributed by atoms with Crippen molar-refractivity contribution in [1.82, 2.24) is 9.78 Å². The maximum Gasteiger partial charge on any atom is 0.162 e. The number of aryl methyl sites for hydroxylation is 1. The third kappa shape index (κ3) is 2.93. The first-order chi connectivity index (χ1) is 9.69. The molecule has 0 aliphatic heterocycles. The molecule has 1 aromatic carbocycles. The fourth-order valence-corrected chi connectivity index (χ4v) is 2.24. The Morgan fingerprint density at radius 1 is 1.30 bits per heavy atom. The molecule has 0 aliphatic rings. The molecule has 0 fully saturated rings. The molecule has 2 aromatic rings. The SMILES string of the molecule is CCn1ncc(OC)c1C(O)Cc1cccc(OC)c1. The van der Waals surface area contributed by atoms with Gasteiger partial charge in [-0.05, 0) is 24.6 Å². The molecule has 0 bridgehead atoms. The van der Waals surface area contributed by atoms with Crippen LogP contribution in [0.25, 0.3) is 0 Å². The Balaban J connectivity index is 2.22. The van der Waals surface area contributed by atoms with E-state index in [0.29, 0.717) is 24.4 Å². The van der Waals surface area contributed by atoms with E-state index in [1.807, 2.05) is 31.2 Å². The van der Waals surface area contributed by atoms with Gasteiger partial charge in [-0.25, -0.2) is 0 Å². The predicted octanol–water partition coefficient (Wildman–Crippen LogP) is 2.20. The third-order valence-electron chi connectivity index (χ3n) is 3.24. The molecule has 0 amide bonds. The second-order valence-corrected chi connectivity index (χ2v) is 4.49. The van der Waals surface area contributed by atoms with Gasteiger partial charge >= 0.3 is 0 Å². The zero-order chi connectivity index (χ0) is 14.5. The van der Waals surface area contributed by atoms with Gasteiger partial charge in [0, 0.05) is 13.0 Å². The lowest BCUT2D eigenvalue weighted by atomic mass is 10.0. The molecule has 0 spiro atoms. The van der Waals surface area contributed by atoms with E-state index in [4.69, 9.17) is 9.47 Å². The number of hydrogen-bond donors (Lipinski definition) is 1. The van der Waals surface area contributed by atoms with Gasteiger partial charge in [0.05, 0.1) is 20.4 Å². The van der Waals surface area contributed by atoms with E-state index in [9.17, 15) is 5.11 Å². The van der Waals surface area contributed by atoms with Gasteiger partial charge in [-0.1, -0.05) is 12.1 Å². The number of aliphatic hydroxyl groups is 1. The van der Waals surface area contributed by atoms with Crippen LogP contribution in [0.2, 0.25) is 0 Å². The lowest BCUT2D eigenvalue weighted by molar-refractivity contribution is 0.162. The van der Waals surface area contributed by atoms with Crippen LogP contribution in [0.3, 0.4) is 0 Å². The van der Waals surface area contributed by atoms with Crippen molar-refractivity contribution >= 4 is 0 Å². The van der Waals surface area contributed by atoms with Crippen LogP contribution in [0.15, 0.2) is 30.5 Å². The monoisotopic (exact) mass is 276 g/mol. The van der Waals surface area contributed by atoms with Gasteiger partial charge in [0.1, 0.15) is 17.5 Å². The largest absolute Gasteiger partial charge is 0.497 e. The quantitative estimate of drug-likeness (QED) is 0.878. The van der Waals surface area contributed by atoms with Gasteiger partial charge in [0.15, 0.2) is 5.75 Å². The number of aliphatic hydroxyl groups excluding tert-OH is 1. The van der Waals surface area contributed by atoms with Crippen LogP contribution in [0, 0.1) is 0 Å². The number of methoxy groups -OCH3 is 2. The van der Waals surface area contributed by atoms with E-state index in [0.717, 1.165) is 11.3 Å². The summed E-state index contributed by atoms with van der Waals surface area (Å²) in [5.41, 5.74) is 1.71. The number of benzene rings is 1. The minimum atomic E-state index is -0.667. The molecule has 5 nitrogen and oxygen atoms in total. The van der Waals surface area contributed by atoms with Crippen LogP contribution in [-0.4, -0.2) is 29.1 Å². The first-order valence-corrected chi connectivity index (χ1v) is 6.60. The number of nitrogens with zero attached hydrogens (tertiary/aromatic N) is 2. The van der Waals surface area contributed by atoms with E-state index in [-0.39, 0.29) is 0 Å². The molecule has 108 valence electrons. The number of hydrogen-bond acceptors (Lipinski definition) is 4. The summed E-state index contributed by atoms with van der Waals surface area (Å²) in [4.78, 5) is 0. The molecule has 1 aromatic heterocycles. The average molecular weight is 276 g/mol. The van der Waals surface area contributed by atoms with Crippen molar-refractivity contribution in [2.75, 3.05) is 14.2 Å². The summed E-state index contributed by atoms with van der Waals surface area (Å²) in [6.45, 7) is 2.67. The summed E-state index contributed by atoms with van der Waals surface area (Å²) < 4.78 is 12.2. The summed E-state index contributed by atoms with van der Waals surface area (Å²) in [6, 6.07) is 7.68. The highest BCUT2D eigenvalue weighted by molar-refractivity contribution is 5.32. The highest BCUT2D eigenvalue weighted by atomic mass is 16.5. The highest BCUT2D eigenvalue weighted by Gasteiger charge is 2.19. The second-order valence-electron chi connectivity index (χ2n) is 4.49. The summed E-state index contributed by atoms with van der Waals surface area (Å²) >= 11 is 0. The molecule has 1 atom stereocenters. The molecule has 0 radical (unpaired) electrons. The van der Waals surface area contributed by atoms with Crippen molar-refractivity contribution in [2.45, 2.75) is 26.0 Å². The molecule has 0 saturated carbocycles. The first-order valence-electron chi connectivity index (χ1n) is 6.60. The summed E-state index contributed by atoms with van der Waals surface area (Å²) in [6.07, 6.45) is 1.45. The molecule has 2 rings (SSSR count).